The molecule has 5 rings (SSSR count). The molecule has 0 unspecified atom stereocenters. The maximum atomic E-state index is 13.0. The minimum absolute atomic E-state index is 0.0885. The third-order valence-corrected chi connectivity index (χ3v) is 8.67. The van der Waals surface area contributed by atoms with Gasteiger partial charge in [0.25, 0.3) is 0 Å². The Hall–Kier alpha value is -3.62. The maximum Gasteiger partial charge on any atom is 0.416 e. The monoisotopic (exact) mass is 597 g/mol. The number of benzene rings is 2. The first-order chi connectivity index (χ1) is 20.8. The molecule has 5 nitrogen and oxygen atoms in total. The molecular weight excluding hydrogens is 558 g/mol. The van der Waals surface area contributed by atoms with Gasteiger partial charge in [-0.15, -0.1) is 0 Å². The molecule has 1 saturated heterocycles. The van der Waals surface area contributed by atoms with Crippen LogP contribution < -0.4 is 10.2 Å². The van der Waals surface area contributed by atoms with Gasteiger partial charge in [-0.05, 0) is 97.0 Å². The number of rotatable bonds is 10. The second kappa shape index (κ2) is 14.2. The zero-order valence-corrected chi connectivity index (χ0v) is 24.3. The van der Waals surface area contributed by atoms with Crippen LogP contribution in [0, 0.1) is 11.8 Å². The van der Waals surface area contributed by atoms with Crippen LogP contribution in [0.25, 0.3) is 11.1 Å². The number of aromatic nitrogens is 1. The Kier molecular flexibility index (Phi) is 10.2. The smallest absolute Gasteiger partial charge is 0.416 e. The fourth-order valence-corrected chi connectivity index (χ4v) is 6.57. The van der Waals surface area contributed by atoms with E-state index in [2.05, 4.69) is 15.2 Å². The minimum atomic E-state index is -4.32. The molecule has 3 atom stereocenters. The van der Waals surface area contributed by atoms with Gasteiger partial charge in [0.15, 0.2) is 0 Å². The highest BCUT2D eigenvalue weighted by Crippen LogP contribution is 2.36. The van der Waals surface area contributed by atoms with Gasteiger partial charge in [-0.3, -0.25) is 4.79 Å². The summed E-state index contributed by atoms with van der Waals surface area (Å²) in [4.78, 5) is 18.8. The highest BCUT2D eigenvalue weighted by Gasteiger charge is 2.32. The SMILES string of the molecule is O=C(Cc1cccc(-c2ccnc(N[C@@H]3CCCC[C@H]3C[C@H]3CCCN(c4ccc(C(F)(F)F)cc4)C3)c2)c1)OCCF. The summed E-state index contributed by atoms with van der Waals surface area (Å²) in [6.45, 7) is 0.811. The number of alkyl halides is 4. The first-order valence-electron chi connectivity index (χ1n) is 15.2. The van der Waals surface area contributed by atoms with E-state index in [0.29, 0.717) is 17.9 Å². The summed E-state index contributed by atoms with van der Waals surface area (Å²) in [5.41, 5.74) is 3.01. The van der Waals surface area contributed by atoms with E-state index in [4.69, 9.17) is 4.74 Å². The van der Waals surface area contributed by atoms with Gasteiger partial charge >= 0.3 is 12.1 Å². The van der Waals surface area contributed by atoms with Crippen molar-refractivity contribution in [2.75, 3.05) is 36.6 Å². The van der Waals surface area contributed by atoms with Crippen LogP contribution in [0.15, 0.2) is 66.9 Å². The van der Waals surface area contributed by atoms with Crippen molar-refractivity contribution in [3.63, 3.8) is 0 Å². The molecule has 1 saturated carbocycles. The quantitative estimate of drug-likeness (QED) is 0.189. The summed E-state index contributed by atoms with van der Waals surface area (Å²) in [6.07, 6.45) is 5.39. The number of anilines is 2. The van der Waals surface area contributed by atoms with Crippen molar-refractivity contribution in [1.29, 1.82) is 0 Å². The number of pyridine rings is 1. The third-order valence-electron chi connectivity index (χ3n) is 8.67. The van der Waals surface area contributed by atoms with Crippen LogP contribution >= 0.6 is 0 Å². The van der Waals surface area contributed by atoms with Crippen LogP contribution in [0.5, 0.6) is 0 Å². The van der Waals surface area contributed by atoms with E-state index in [1.165, 1.54) is 18.6 Å². The van der Waals surface area contributed by atoms with Crippen LogP contribution in [0.3, 0.4) is 0 Å². The van der Waals surface area contributed by atoms with Crippen LogP contribution in [0.2, 0.25) is 0 Å². The van der Waals surface area contributed by atoms with Crippen molar-refractivity contribution >= 4 is 17.5 Å². The molecule has 2 aliphatic rings. The maximum absolute atomic E-state index is 13.0. The number of nitrogens with zero attached hydrogens (tertiary/aromatic N) is 2. The number of hydrogen-bond donors (Lipinski definition) is 1. The summed E-state index contributed by atoms with van der Waals surface area (Å²) < 4.78 is 56.3. The Bertz CT molecular complexity index is 1350. The first kappa shape index (κ1) is 30.8. The Labute approximate surface area is 250 Å². The van der Waals surface area contributed by atoms with Crippen molar-refractivity contribution in [3.05, 3.63) is 78.0 Å². The molecule has 0 bridgehead atoms. The molecule has 1 aliphatic heterocycles. The summed E-state index contributed by atoms with van der Waals surface area (Å²) >= 11 is 0. The number of nitrogens with one attached hydrogen (secondary N) is 1. The molecule has 2 aromatic carbocycles. The molecule has 230 valence electrons. The largest absolute Gasteiger partial charge is 0.463 e. The van der Waals surface area contributed by atoms with Gasteiger partial charge in [-0.25, -0.2) is 9.37 Å². The van der Waals surface area contributed by atoms with Gasteiger partial charge in [0.1, 0.15) is 19.1 Å². The van der Waals surface area contributed by atoms with Gasteiger partial charge in [-0.2, -0.15) is 13.2 Å². The highest BCUT2D eigenvalue weighted by atomic mass is 19.4. The van der Waals surface area contributed by atoms with Crippen molar-refractivity contribution in [2.45, 2.75) is 63.6 Å². The van der Waals surface area contributed by atoms with Gasteiger partial charge < -0.3 is 15.0 Å². The Morgan fingerprint density at radius 3 is 2.56 bits per heavy atom. The molecule has 2 fully saturated rings. The number of carbonyl (C=O) groups excluding carboxylic acids is 1. The van der Waals surface area contributed by atoms with Gasteiger partial charge in [-0.1, -0.05) is 37.1 Å². The average molecular weight is 598 g/mol. The Morgan fingerprint density at radius 2 is 1.77 bits per heavy atom. The van der Waals surface area contributed by atoms with E-state index in [-0.39, 0.29) is 13.0 Å². The average Bonchev–Trinajstić information content (AvgIpc) is 3.01. The molecule has 1 N–H and O–H groups in total. The van der Waals surface area contributed by atoms with Crippen LogP contribution in [0.1, 0.15) is 56.1 Å². The summed E-state index contributed by atoms with van der Waals surface area (Å²) in [5, 5.41) is 3.72. The molecule has 0 amide bonds. The fraction of sp³-hybridized carbons (Fsp3) is 0.471. The van der Waals surface area contributed by atoms with E-state index in [1.54, 1.807) is 18.3 Å². The Morgan fingerprint density at radius 1 is 0.977 bits per heavy atom. The molecule has 43 heavy (non-hydrogen) atoms. The van der Waals surface area contributed by atoms with E-state index in [0.717, 1.165) is 79.8 Å². The van der Waals surface area contributed by atoms with Gasteiger partial charge in [0, 0.05) is 31.0 Å². The predicted molar refractivity (Wildman–Crippen MR) is 161 cm³/mol. The zero-order valence-electron chi connectivity index (χ0n) is 24.3. The molecule has 1 aliphatic carbocycles. The lowest BCUT2D eigenvalue weighted by Crippen LogP contribution is -2.39. The van der Waals surface area contributed by atoms with Crippen molar-refractivity contribution < 1.29 is 27.1 Å². The molecule has 0 radical (unpaired) electrons. The Balaban J connectivity index is 1.21. The summed E-state index contributed by atoms with van der Waals surface area (Å²) in [7, 11) is 0. The van der Waals surface area contributed by atoms with Crippen molar-refractivity contribution in [3.8, 4) is 11.1 Å². The summed E-state index contributed by atoms with van der Waals surface area (Å²) in [6, 6.07) is 17.5. The first-order valence-corrected chi connectivity index (χ1v) is 15.2. The van der Waals surface area contributed by atoms with Crippen LogP contribution in [-0.4, -0.2) is 43.4 Å². The molecule has 3 aromatic rings. The number of carbonyl (C=O) groups is 1. The van der Waals surface area contributed by atoms with Crippen molar-refractivity contribution in [1.82, 2.24) is 4.98 Å². The lowest BCUT2D eigenvalue weighted by Gasteiger charge is -2.39. The molecule has 0 spiro atoms. The van der Waals surface area contributed by atoms with E-state index >= 15 is 0 Å². The van der Waals surface area contributed by atoms with Gasteiger partial charge in [0.05, 0.1) is 12.0 Å². The highest BCUT2D eigenvalue weighted by molar-refractivity contribution is 5.74. The van der Waals surface area contributed by atoms with E-state index in [9.17, 15) is 22.4 Å². The van der Waals surface area contributed by atoms with E-state index < -0.39 is 24.4 Å². The minimum Gasteiger partial charge on any atom is -0.463 e. The molecular formula is C34H39F4N3O2. The third kappa shape index (κ3) is 8.48. The number of piperidine rings is 1. The predicted octanol–water partition coefficient (Wildman–Crippen LogP) is 8.10. The van der Waals surface area contributed by atoms with Gasteiger partial charge in [0.2, 0.25) is 0 Å². The number of hydrogen-bond acceptors (Lipinski definition) is 5. The lowest BCUT2D eigenvalue weighted by molar-refractivity contribution is -0.143. The topological polar surface area (TPSA) is 54.5 Å². The molecule has 9 heteroatoms. The molecule has 1 aromatic heterocycles. The van der Waals surface area contributed by atoms with Crippen molar-refractivity contribution in [2.24, 2.45) is 11.8 Å². The zero-order chi connectivity index (χ0) is 30.2. The standard InChI is InChI=1S/C34H39F4N3O2/c35-15-18-43-33(42)21-24-5-3-8-26(19-24)27-14-16-39-32(22-27)40-31-9-2-1-7-28(31)20-25-6-4-17-41(23-25)30-12-10-29(11-13-30)34(36,37)38/h3,5,8,10-14,16,19,22,25,28,31H,1-2,4,6-7,9,15,17-18,20-21,23H2,(H,39,40)/t25-,28+,31-/m1/s1. The second-order valence-corrected chi connectivity index (χ2v) is 11.7. The molecule has 2 heterocycles. The lowest BCUT2D eigenvalue weighted by atomic mass is 9.77. The summed E-state index contributed by atoms with van der Waals surface area (Å²) in [5.74, 6) is 1.35. The number of halogens is 4. The number of ether oxygens (including phenoxy) is 1. The number of esters is 1. The fourth-order valence-electron chi connectivity index (χ4n) is 6.57. The van der Waals surface area contributed by atoms with Crippen LogP contribution in [-0.2, 0) is 22.1 Å². The second-order valence-electron chi connectivity index (χ2n) is 11.7. The normalized spacial score (nSPS) is 20.9. The van der Waals surface area contributed by atoms with Crippen LogP contribution in [0.4, 0.5) is 29.1 Å². The van der Waals surface area contributed by atoms with E-state index in [1.807, 2.05) is 36.4 Å².